The molecule has 2 amide bonds. The fraction of sp³-hybridized carbons (Fsp3) is 0.211. The van der Waals surface area contributed by atoms with Crippen molar-refractivity contribution in [3.8, 4) is 10.6 Å². The van der Waals surface area contributed by atoms with Crippen molar-refractivity contribution in [2.45, 2.75) is 0 Å². The Morgan fingerprint density at radius 3 is 2.43 bits per heavy atom. The zero-order valence-electron chi connectivity index (χ0n) is 14.6. The summed E-state index contributed by atoms with van der Waals surface area (Å²) in [7, 11) is 0. The SMILES string of the molecule is O=C(c1csc(-c2ccsc2)n1)N1CCN(C(=O)c2cc(Cl)ccc2F)CC1. The first kappa shape index (κ1) is 19.0. The maximum atomic E-state index is 13.9. The minimum atomic E-state index is -0.601. The molecule has 3 heterocycles. The van der Waals surface area contributed by atoms with Crippen LogP contribution < -0.4 is 0 Å². The average molecular weight is 436 g/mol. The molecule has 1 aromatic carbocycles. The van der Waals surface area contributed by atoms with Gasteiger partial charge in [0.1, 0.15) is 16.5 Å². The van der Waals surface area contributed by atoms with Gasteiger partial charge in [-0.15, -0.1) is 11.3 Å². The minimum Gasteiger partial charge on any atom is -0.335 e. The van der Waals surface area contributed by atoms with Gasteiger partial charge in [-0.3, -0.25) is 9.59 Å². The van der Waals surface area contributed by atoms with Crippen molar-refractivity contribution in [3.05, 3.63) is 62.5 Å². The van der Waals surface area contributed by atoms with Crippen molar-refractivity contribution in [1.29, 1.82) is 0 Å². The Bertz CT molecular complexity index is 1010. The number of amides is 2. The summed E-state index contributed by atoms with van der Waals surface area (Å²) >= 11 is 8.89. The van der Waals surface area contributed by atoms with Crippen LogP contribution in [0.25, 0.3) is 10.6 Å². The summed E-state index contributed by atoms with van der Waals surface area (Å²) in [5.41, 5.74) is 1.37. The topological polar surface area (TPSA) is 53.5 Å². The maximum absolute atomic E-state index is 13.9. The van der Waals surface area contributed by atoms with Gasteiger partial charge in [-0.2, -0.15) is 11.3 Å². The fourth-order valence-corrected chi connectivity index (χ4v) is 4.68. The zero-order chi connectivity index (χ0) is 19.7. The summed E-state index contributed by atoms with van der Waals surface area (Å²) in [4.78, 5) is 32.9. The number of hydrogen-bond donors (Lipinski definition) is 0. The van der Waals surface area contributed by atoms with Crippen LogP contribution >= 0.6 is 34.3 Å². The van der Waals surface area contributed by atoms with Crippen LogP contribution in [0.1, 0.15) is 20.8 Å². The zero-order valence-corrected chi connectivity index (χ0v) is 17.0. The van der Waals surface area contributed by atoms with E-state index < -0.39 is 11.7 Å². The third kappa shape index (κ3) is 3.80. The van der Waals surface area contributed by atoms with Gasteiger partial charge in [0.25, 0.3) is 11.8 Å². The van der Waals surface area contributed by atoms with E-state index in [4.69, 9.17) is 11.6 Å². The molecule has 9 heteroatoms. The number of nitrogens with zero attached hydrogens (tertiary/aromatic N) is 3. The van der Waals surface area contributed by atoms with E-state index in [0.717, 1.165) is 10.6 Å². The highest BCUT2D eigenvalue weighted by Gasteiger charge is 2.28. The number of thiazole rings is 1. The summed E-state index contributed by atoms with van der Waals surface area (Å²) < 4.78 is 13.9. The maximum Gasteiger partial charge on any atom is 0.273 e. The molecule has 0 N–H and O–H groups in total. The summed E-state index contributed by atoms with van der Waals surface area (Å²) in [6.45, 7) is 1.41. The monoisotopic (exact) mass is 435 g/mol. The Hall–Kier alpha value is -2.29. The second-order valence-electron chi connectivity index (χ2n) is 6.26. The van der Waals surface area contributed by atoms with Crippen molar-refractivity contribution in [1.82, 2.24) is 14.8 Å². The lowest BCUT2D eigenvalue weighted by Gasteiger charge is -2.34. The first-order valence-electron chi connectivity index (χ1n) is 8.54. The molecule has 4 rings (SSSR count). The molecule has 0 saturated carbocycles. The van der Waals surface area contributed by atoms with Gasteiger partial charge in [0.2, 0.25) is 0 Å². The first-order chi connectivity index (χ1) is 13.5. The molecule has 0 radical (unpaired) electrons. The highest BCUT2D eigenvalue weighted by atomic mass is 35.5. The highest BCUT2D eigenvalue weighted by Crippen LogP contribution is 2.26. The van der Waals surface area contributed by atoms with Gasteiger partial charge in [0.15, 0.2) is 0 Å². The van der Waals surface area contributed by atoms with Crippen molar-refractivity contribution < 1.29 is 14.0 Å². The molecule has 3 aromatic rings. The molecule has 0 atom stereocenters. The molecule has 0 unspecified atom stereocenters. The normalized spacial score (nSPS) is 14.4. The highest BCUT2D eigenvalue weighted by molar-refractivity contribution is 7.14. The predicted molar refractivity (Wildman–Crippen MR) is 109 cm³/mol. The Kier molecular flexibility index (Phi) is 5.43. The van der Waals surface area contributed by atoms with Gasteiger partial charge in [-0.1, -0.05) is 11.6 Å². The van der Waals surface area contributed by atoms with E-state index >= 15 is 0 Å². The number of carbonyl (C=O) groups excluding carboxylic acids is 2. The van der Waals surface area contributed by atoms with Gasteiger partial charge in [0.05, 0.1) is 5.56 Å². The van der Waals surface area contributed by atoms with Gasteiger partial charge < -0.3 is 9.80 Å². The van der Waals surface area contributed by atoms with E-state index in [9.17, 15) is 14.0 Å². The van der Waals surface area contributed by atoms with Crippen LogP contribution in [0.4, 0.5) is 4.39 Å². The van der Waals surface area contributed by atoms with Gasteiger partial charge in [-0.25, -0.2) is 9.37 Å². The molecule has 5 nitrogen and oxygen atoms in total. The van der Waals surface area contributed by atoms with Crippen LogP contribution in [-0.4, -0.2) is 52.8 Å². The van der Waals surface area contributed by atoms with E-state index in [1.165, 1.54) is 34.4 Å². The van der Waals surface area contributed by atoms with Gasteiger partial charge >= 0.3 is 0 Å². The number of rotatable bonds is 3. The first-order valence-corrected chi connectivity index (χ1v) is 10.7. The van der Waals surface area contributed by atoms with Crippen LogP contribution in [0.3, 0.4) is 0 Å². The van der Waals surface area contributed by atoms with E-state index in [1.807, 2.05) is 16.8 Å². The van der Waals surface area contributed by atoms with Crippen molar-refractivity contribution in [3.63, 3.8) is 0 Å². The molecule has 28 heavy (non-hydrogen) atoms. The number of carbonyl (C=O) groups is 2. The summed E-state index contributed by atoms with van der Waals surface area (Å²) in [5, 5.41) is 6.84. The lowest BCUT2D eigenvalue weighted by molar-refractivity contribution is 0.0530. The standard InChI is InChI=1S/C19H15ClFN3O2S2/c20-13-1-2-15(21)14(9-13)18(25)23-4-6-24(7-5-23)19(26)16-11-28-17(22-16)12-3-8-27-10-12/h1-3,8-11H,4-7H2. The fourth-order valence-electron chi connectivity index (χ4n) is 3.00. The van der Waals surface area contributed by atoms with E-state index in [0.29, 0.717) is 36.9 Å². The van der Waals surface area contributed by atoms with E-state index in [-0.39, 0.29) is 11.5 Å². The third-order valence-electron chi connectivity index (χ3n) is 4.50. The number of thiophene rings is 1. The number of benzene rings is 1. The summed E-state index contributed by atoms with van der Waals surface area (Å²) in [5.74, 6) is -1.17. The molecular formula is C19H15ClFN3O2S2. The quantitative estimate of drug-likeness (QED) is 0.617. The summed E-state index contributed by atoms with van der Waals surface area (Å²) in [6.07, 6.45) is 0. The number of hydrogen-bond acceptors (Lipinski definition) is 5. The molecule has 0 aliphatic carbocycles. The molecule has 2 aromatic heterocycles. The van der Waals surface area contributed by atoms with Crippen molar-refractivity contribution >= 4 is 46.1 Å². The second-order valence-corrected chi connectivity index (χ2v) is 8.33. The Labute approximate surface area is 174 Å². The Morgan fingerprint density at radius 2 is 1.75 bits per heavy atom. The minimum absolute atomic E-state index is 0.0489. The van der Waals surface area contributed by atoms with E-state index in [1.54, 1.807) is 21.6 Å². The Balaban J connectivity index is 1.40. The van der Waals surface area contributed by atoms with Crippen LogP contribution in [0, 0.1) is 5.82 Å². The molecule has 1 aliphatic heterocycles. The van der Waals surface area contributed by atoms with Crippen molar-refractivity contribution in [2.24, 2.45) is 0 Å². The van der Waals surface area contributed by atoms with Gasteiger partial charge in [0, 0.05) is 47.5 Å². The molecule has 1 saturated heterocycles. The van der Waals surface area contributed by atoms with Gasteiger partial charge in [-0.05, 0) is 29.6 Å². The number of piperazine rings is 1. The molecule has 1 aliphatic rings. The molecule has 144 valence electrons. The molecule has 0 spiro atoms. The Morgan fingerprint density at radius 1 is 1.04 bits per heavy atom. The lowest BCUT2D eigenvalue weighted by Crippen LogP contribution is -2.50. The van der Waals surface area contributed by atoms with Crippen LogP contribution in [0.15, 0.2) is 40.4 Å². The van der Waals surface area contributed by atoms with Crippen molar-refractivity contribution in [2.75, 3.05) is 26.2 Å². The smallest absolute Gasteiger partial charge is 0.273 e. The van der Waals surface area contributed by atoms with E-state index in [2.05, 4.69) is 4.98 Å². The van der Waals surface area contributed by atoms with Crippen LogP contribution in [0.5, 0.6) is 0 Å². The lowest BCUT2D eigenvalue weighted by atomic mass is 10.1. The average Bonchev–Trinajstić information content (AvgIpc) is 3.40. The molecular weight excluding hydrogens is 421 g/mol. The number of aromatic nitrogens is 1. The molecule has 0 bridgehead atoms. The second kappa shape index (κ2) is 7.98. The summed E-state index contributed by atoms with van der Waals surface area (Å²) in [6, 6.07) is 5.89. The largest absolute Gasteiger partial charge is 0.335 e. The predicted octanol–water partition coefficient (Wildman–Crippen LogP) is 4.26. The van der Waals surface area contributed by atoms with Crippen LogP contribution in [-0.2, 0) is 0 Å². The van der Waals surface area contributed by atoms with Crippen LogP contribution in [0.2, 0.25) is 5.02 Å². The third-order valence-corrected chi connectivity index (χ3v) is 6.31. The molecule has 1 fully saturated rings. The number of halogens is 2.